The second kappa shape index (κ2) is 3.64. The third-order valence-corrected chi connectivity index (χ3v) is 2.52. The van der Waals surface area contributed by atoms with E-state index in [9.17, 15) is 5.11 Å². The summed E-state index contributed by atoms with van der Waals surface area (Å²) < 4.78 is 10.9. The molecule has 2 rings (SSSR count). The van der Waals surface area contributed by atoms with Crippen LogP contribution >= 0.6 is 15.9 Å². The molecule has 1 heterocycles. The van der Waals surface area contributed by atoms with E-state index in [1.165, 1.54) is 0 Å². The molecule has 0 saturated heterocycles. The molecule has 0 aliphatic carbocycles. The maximum Gasteiger partial charge on any atom is 0.231 e. The Morgan fingerprint density at radius 2 is 2.36 bits per heavy atom. The molecule has 0 unspecified atom stereocenters. The van der Waals surface area contributed by atoms with Crippen molar-refractivity contribution in [1.29, 1.82) is 0 Å². The van der Waals surface area contributed by atoms with E-state index in [0.29, 0.717) is 21.5 Å². The molecule has 0 bridgehead atoms. The molecular weight excluding hydrogens is 254 g/mol. The molecule has 0 atom stereocenters. The maximum absolute atomic E-state index is 9.67. The summed E-state index contributed by atoms with van der Waals surface area (Å²) in [6, 6.07) is 1.64. The minimum absolute atomic E-state index is 0.0553. The third-order valence-electron chi connectivity index (χ3n) is 1.91. The Hall–Kier alpha value is -0.980. The van der Waals surface area contributed by atoms with Gasteiger partial charge in [0.1, 0.15) is 12.4 Å². The summed E-state index contributed by atoms with van der Waals surface area (Å²) in [4.78, 5) is 4.47. The predicted molar refractivity (Wildman–Crippen MR) is 50.9 cm³/mol. The molecule has 1 aromatic carbocycles. The number of benzene rings is 1. The fraction of sp³-hybridized carbons (Fsp3) is 0.250. The van der Waals surface area contributed by atoms with Crippen molar-refractivity contribution in [2.45, 2.75) is 6.61 Å². The molecule has 1 aliphatic rings. The fourth-order valence-electron chi connectivity index (χ4n) is 1.28. The van der Waals surface area contributed by atoms with Crippen molar-refractivity contribution in [2.75, 3.05) is 6.79 Å². The van der Waals surface area contributed by atoms with Crippen molar-refractivity contribution in [3.8, 4) is 17.2 Å². The van der Waals surface area contributed by atoms with Gasteiger partial charge < -0.3 is 14.6 Å². The SMILES string of the molecule is NOCc1c(O)c(Br)cc2c1OCO2. The number of phenolic OH excluding ortho intramolecular Hbond substituents is 1. The fourth-order valence-corrected chi connectivity index (χ4v) is 1.73. The molecule has 3 N–H and O–H groups in total. The summed E-state index contributed by atoms with van der Waals surface area (Å²) in [7, 11) is 0. The number of rotatable bonds is 2. The highest BCUT2D eigenvalue weighted by molar-refractivity contribution is 9.10. The van der Waals surface area contributed by atoms with Crippen LogP contribution in [0, 0.1) is 0 Å². The molecule has 0 aromatic heterocycles. The molecule has 1 aliphatic heterocycles. The van der Waals surface area contributed by atoms with Crippen LogP contribution in [-0.4, -0.2) is 11.9 Å². The van der Waals surface area contributed by atoms with Crippen molar-refractivity contribution in [3.05, 3.63) is 16.1 Å². The average molecular weight is 262 g/mol. The van der Waals surface area contributed by atoms with Crippen molar-refractivity contribution >= 4 is 15.9 Å². The quantitative estimate of drug-likeness (QED) is 0.785. The topological polar surface area (TPSA) is 73.9 Å². The van der Waals surface area contributed by atoms with E-state index >= 15 is 0 Å². The smallest absolute Gasteiger partial charge is 0.231 e. The molecule has 76 valence electrons. The van der Waals surface area contributed by atoms with Gasteiger partial charge in [-0.3, -0.25) is 4.84 Å². The van der Waals surface area contributed by atoms with Crippen LogP contribution in [-0.2, 0) is 11.4 Å². The Kier molecular flexibility index (Phi) is 2.49. The number of ether oxygens (including phenoxy) is 2. The molecule has 5 nitrogen and oxygen atoms in total. The summed E-state index contributed by atoms with van der Waals surface area (Å²) in [6.45, 7) is 0.208. The van der Waals surface area contributed by atoms with Gasteiger partial charge in [-0.2, -0.15) is 0 Å². The van der Waals surface area contributed by atoms with Crippen LogP contribution in [0.3, 0.4) is 0 Å². The van der Waals surface area contributed by atoms with Gasteiger partial charge in [-0.15, -0.1) is 0 Å². The lowest BCUT2D eigenvalue weighted by Crippen LogP contribution is -2.01. The van der Waals surface area contributed by atoms with Gasteiger partial charge in [0.2, 0.25) is 6.79 Å². The number of aromatic hydroxyl groups is 1. The lowest BCUT2D eigenvalue weighted by Gasteiger charge is -2.08. The van der Waals surface area contributed by atoms with E-state index in [0.717, 1.165) is 0 Å². The van der Waals surface area contributed by atoms with E-state index in [-0.39, 0.29) is 19.1 Å². The lowest BCUT2D eigenvalue weighted by atomic mass is 10.2. The average Bonchev–Trinajstić information content (AvgIpc) is 2.60. The number of hydrogen-bond donors (Lipinski definition) is 2. The minimum Gasteiger partial charge on any atom is -0.506 e. The van der Waals surface area contributed by atoms with Crippen LogP contribution in [0.2, 0.25) is 0 Å². The van der Waals surface area contributed by atoms with Gasteiger partial charge in [0.05, 0.1) is 10.0 Å². The van der Waals surface area contributed by atoms with E-state index in [1.807, 2.05) is 0 Å². The van der Waals surface area contributed by atoms with Gasteiger partial charge in [-0.25, -0.2) is 5.90 Å². The highest BCUT2D eigenvalue weighted by Gasteiger charge is 2.23. The Balaban J connectivity index is 2.54. The largest absolute Gasteiger partial charge is 0.506 e. The Morgan fingerprint density at radius 3 is 3.07 bits per heavy atom. The summed E-state index contributed by atoms with van der Waals surface area (Å²) >= 11 is 3.19. The van der Waals surface area contributed by atoms with Crippen LogP contribution in [0.1, 0.15) is 5.56 Å². The van der Waals surface area contributed by atoms with Crippen molar-refractivity contribution < 1.29 is 19.4 Å². The number of phenols is 1. The van der Waals surface area contributed by atoms with E-state index in [4.69, 9.17) is 15.4 Å². The number of halogens is 1. The molecule has 1 aromatic rings. The molecule has 0 spiro atoms. The maximum atomic E-state index is 9.67. The molecule has 0 saturated carbocycles. The first-order valence-electron chi connectivity index (χ1n) is 3.85. The monoisotopic (exact) mass is 261 g/mol. The Labute approximate surface area is 88.5 Å². The first-order chi connectivity index (χ1) is 6.74. The van der Waals surface area contributed by atoms with Crippen molar-refractivity contribution in [2.24, 2.45) is 5.90 Å². The summed E-state index contributed by atoms with van der Waals surface area (Å²) in [6.07, 6.45) is 0. The number of fused-ring (bicyclic) bond motifs is 1. The van der Waals surface area contributed by atoms with Gasteiger partial charge in [0.15, 0.2) is 11.5 Å². The first-order valence-corrected chi connectivity index (χ1v) is 4.65. The zero-order chi connectivity index (χ0) is 10.1. The number of nitrogens with two attached hydrogens (primary N) is 1. The van der Waals surface area contributed by atoms with Gasteiger partial charge in [-0.05, 0) is 15.9 Å². The normalized spacial score (nSPS) is 13.3. The van der Waals surface area contributed by atoms with Crippen LogP contribution in [0.25, 0.3) is 0 Å². The van der Waals surface area contributed by atoms with Crippen LogP contribution < -0.4 is 15.4 Å². The van der Waals surface area contributed by atoms with Crippen LogP contribution in [0.4, 0.5) is 0 Å². The van der Waals surface area contributed by atoms with E-state index < -0.39 is 0 Å². The Morgan fingerprint density at radius 1 is 1.57 bits per heavy atom. The van der Waals surface area contributed by atoms with E-state index in [2.05, 4.69) is 20.8 Å². The highest BCUT2D eigenvalue weighted by atomic mass is 79.9. The van der Waals surface area contributed by atoms with Gasteiger partial charge in [0, 0.05) is 6.07 Å². The summed E-state index contributed by atoms with van der Waals surface area (Å²) in [5, 5.41) is 9.67. The van der Waals surface area contributed by atoms with Gasteiger partial charge in [-0.1, -0.05) is 0 Å². The van der Waals surface area contributed by atoms with Gasteiger partial charge in [0.25, 0.3) is 0 Å². The summed E-state index contributed by atoms with van der Waals surface area (Å²) in [5.41, 5.74) is 0.481. The standard InChI is InChI=1S/C8H8BrNO4/c9-5-1-6-8(13-3-12-6)4(2-14-10)7(5)11/h1,11H,2-3,10H2. The highest BCUT2D eigenvalue weighted by Crippen LogP contribution is 2.44. The van der Waals surface area contributed by atoms with Gasteiger partial charge >= 0.3 is 0 Å². The van der Waals surface area contributed by atoms with Crippen LogP contribution in [0.5, 0.6) is 17.2 Å². The molecule has 0 amide bonds. The lowest BCUT2D eigenvalue weighted by molar-refractivity contribution is 0.118. The zero-order valence-corrected chi connectivity index (χ0v) is 8.70. The van der Waals surface area contributed by atoms with Crippen LogP contribution in [0.15, 0.2) is 10.5 Å². The second-order valence-corrected chi connectivity index (χ2v) is 3.58. The third kappa shape index (κ3) is 1.41. The van der Waals surface area contributed by atoms with Crippen molar-refractivity contribution in [3.63, 3.8) is 0 Å². The minimum atomic E-state index is 0.0553. The number of hydrogen-bond acceptors (Lipinski definition) is 5. The molecule has 0 fully saturated rings. The molecule has 6 heteroatoms. The zero-order valence-electron chi connectivity index (χ0n) is 7.12. The molecule has 14 heavy (non-hydrogen) atoms. The molecule has 0 radical (unpaired) electrons. The van der Waals surface area contributed by atoms with Crippen molar-refractivity contribution in [1.82, 2.24) is 0 Å². The van der Waals surface area contributed by atoms with E-state index in [1.54, 1.807) is 6.07 Å². The predicted octanol–water partition coefficient (Wildman–Crippen LogP) is 1.27. The summed E-state index contributed by atoms with van der Waals surface area (Å²) in [5.74, 6) is 6.06. The second-order valence-electron chi connectivity index (χ2n) is 2.73. The molecular formula is C8H8BrNO4. The Bertz CT molecular complexity index is 369. The first kappa shape index (κ1) is 9.57.